The van der Waals surface area contributed by atoms with Gasteiger partial charge in [-0.25, -0.2) is 0 Å². The summed E-state index contributed by atoms with van der Waals surface area (Å²) in [5, 5.41) is 21.9. The maximum Gasteiger partial charge on any atom is 0.305 e. The van der Waals surface area contributed by atoms with Crippen LogP contribution in [0.2, 0.25) is 0 Å². The average molecular weight is 512 g/mol. The van der Waals surface area contributed by atoms with Gasteiger partial charge in [-0.15, -0.1) is 0 Å². The number of carboxylic acids is 1. The number of ketones is 2. The van der Waals surface area contributed by atoms with E-state index in [1.54, 1.807) is 19.1 Å². The van der Waals surface area contributed by atoms with Gasteiger partial charge in [0, 0.05) is 34.7 Å². The molecule has 1 fully saturated rings. The minimum Gasteiger partial charge on any atom is -0.508 e. The van der Waals surface area contributed by atoms with Crippen LogP contribution in [0.4, 0.5) is 0 Å². The number of hydrogen-bond donors (Lipinski definition) is 2. The molecule has 2 aromatic carbocycles. The predicted octanol–water partition coefficient (Wildman–Crippen LogP) is 3.45. The third-order valence-corrected chi connectivity index (χ3v) is 8.44. The summed E-state index contributed by atoms with van der Waals surface area (Å²) in [5.74, 6) is -5.25. The minimum absolute atomic E-state index is 0.0198. The van der Waals surface area contributed by atoms with Gasteiger partial charge >= 0.3 is 5.97 Å². The summed E-state index contributed by atoms with van der Waals surface area (Å²) in [6, 6.07) is 10.8. The van der Waals surface area contributed by atoms with Crippen LogP contribution >= 0.6 is 0 Å². The molecule has 2 N–H and O–H groups in total. The van der Waals surface area contributed by atoms with Gasteiger partial charge in [-0.05, 0) is 48.6 Å². The summed E-state index contributed by atoms with van der Waals surface area (Å²) < 4.78 is 0. The molecule has 6 rings (SSSR count). The van der Waals surface area contributed by atoms with Crippen LogP contribution in [0, 0.1) is 17.8 Å². The number of rotatable bonds is 4. The van der Waals surface area contributed by atoms with Crippen molar-refractivity contribution in [3.8, 4) is 5.75 Å². The monoisotopic (exact) mass is 511 g/mol. The van der Waals surface area contributed by atoms with E-state index in [0.29, 0.717) is 22.3 Å². The maximum atomic E-state index is 13.6. The van der Waals surface area contributed by atoms with Crippen LogP contribution in [0.25, 0.3) is 10.8 Å². The second kappa shape index (κ2) is 8.62. The number of benzene rings is 2. The van der Waals surface area contributed by atoms with Crippen molar-refractivity contribution in [1.82, 2.24) is 4.90 Å². The molecule has 0 spiro atoms. The third kappa shape index (κ3) is 3.40. The van der Waals surface area contributed by atoms with Crippen molar-refractivity contribution < 1.29 is 34.2 Å². The van der Waals surface area contributed by atoms with Crippen molar-refractivity contribution >= 4 is 40.1 Å². The Kier molecular flexibility index (Phi) is 5.45. The van der Waals surface area contributed by atoms with Crippen molar-refractivity contribution in [1.29, 1.82) is 0 Å². The smallest absolute Gasteiger partial charge is 0.305 e. The largest absolute Gasteiger partial charge is 0.508 e. The number of nitrogens with zero attached hydrogens (tertiary/aromatic N) is 1. The molecule has 8 heteroatoms. The molecule has 2 amide bonds. The molecule has 0 aromatic heterocycles. The van der Waals surface area contributed by atoms with Gasteiger partial charge in [-0.3, -0.25) is 28.9 Å². The number of carbonyl (C=O) groups excluding carboxylic acids is 4. The first kappa shape index (κ1) is 24.0. The highest BCUT2D eigenvalue weighted by atomic mass is 16.4. The standard InChI is InChI=1S/C30H25NO7/c1-14-12-22(33)20-13-19-17(7-8-18-24(19)30(38)31(29(18)37)11-10-23(34)35)26(27(20)28(14)36)25-16-5-3-2-4-15(16)6-9-21(25)32/h2-7,9,12,18-19,24,26,32H,8,10-11,13H2,1H3,(H,34,35)/t18-,19+,24-,26+/m0/s1. The van der Waals surface area contributed by atoms with E-state index in [1.165, 1.54) is 6.08 Å². The number of amides is 2. The van der Waals surface area contributed by atoms with E-state index in [-0.39, 0.29) is 43.1 Å². The molecule has 0 unspecified atom stereocenters. The highest BCUT2D eigenvalue weighted by Gasteiger charge is 2.56. The summed E-state index contributed by atoms with van der Waals surface area (Å²) in [6.45, 7) is 1.39. The lowest BCUT2D eigenvalue weighted by Crippen LogP contribution is -2.40. The predicted molar refractivity (Wildman–Crippen MR) is 136 cm³/mol. The number of aromatic hydroxyl groups is 1. The molecule has 4 aliphatic rings. The number of carboxylic acid groups (broad SMARTS) is 1. The summed E-state index contributed by atoms with van der Waals surface area (Å²) in [7, 11) is 0. The van der Waals surface area contributed by atoms with Crippen LogP contribution in [0.15, 0.2) is 70.8 Å². The number of carbonyl (C=O) groups is 5. The molecule has 192 valence electrons. The number of hydrogen-bond acceptors (Lipinski definition) is 6. The zero-order valence-corrected chi connectivity index (χ0v) is 20.6. The van der Waals surface area contributed by atoms with Gasteiger partial charge in [-0.1, -0.05) is 42.0 Å². The van der Waals surface area contributed by atoms with Crippen LogP contribution < -0.4 is 0 Å². The first-order valence-corrected chi connectivity index (χ1v) is 12.7. The highest BCUT2D eigenvalue weighted by molar-refractivity contribution is 6.24. The van der Waals surface area contributed by atoms with Crippen molar-refractivity contribution in [3.05, 3.63) is 76.4 Å². The number of phenols is 1. The van der Waals surface area contributed by atoms with Gasteiger partial charge in [0.05, 0.1) is 18.3 Å². The van der Waals surface area contributed by atoms with Crippen molar-refractivity contribution in [3.63, 3.8) is 0 Å². The minimum atomic E-state index is -1.10. The molecule has 3 aliphatic carbocycles. The molecule has 0 bridgehead atoms. The fourth-order valence-corrected chi connectivity index (χ4v) is 6.77. The SMILES string of the molecule is CC1=CC(=O)C2=C(C1=O)[C@@H](c1c(O)ccc3ccccc13)C1=CC[C@@H]3C(=O)N(CCC(=O)O)C(=O)[C@@H]3[C@@H]1C2. The van der Waals surface area contributed by atoms with Crippen LogP contribution in [0.5, 0.6) is 5.75 Å². The number of likely N-dealkylation sites (tertiary alicyclic amines) is 1. The normalized spacial score (nSPS) is 26.7. The third-order valence-electron chi connectivity index (χ3n) is 8.44. The number of fused-ring (bicyclic) bond motifs is 4. The van der Waals surface area contributed by atoms with Crippen LogP contribution in [-0.2, 0) is 24.0 Å². The van der Waals surface area contributed by atoms with Crippen LogP contribution in [-0.4, -0.2) is 51.0 Å². The van der Waals surface area contributed by atoms with Gasteiger partial charge < -0.3 is 10.2 Å². The number of Topliss-reactive ketones (excluding diaryl/α,β-unsaturated/α-hetero) is 1. The Balaban J connectivity index is 1.54. The molecule has 1 aliphatic heterocycles. The van der Waals surface area contributed by atoms with E-state index >= 15 is 0 Å². The molecule has 4 atom stereocenters. The Bertz CT molecular complexity index is 1580. The molecule has 0 saturated carbocycles. The van der Waals surface area contributed by atoms with Crippen molar-refractivity contribution in [2.45, 2.75) is 32.1 Å². The Morgan fingerprint density at radius 2 is 1.79 bits per heavy atom. The number of imide groups is 1. The average Bonchev–Trinajstić information content (AvgIpc) is 3.14. The number of allylic oxidation sites excluding steroid dienone is 6. The summed E-state index contributed by atoms with van der Waals surface area (Å²) in [6.07, 6.45) is 3.24. The Morgan fingerprint density at radius 3 is 2.55 bits per heavy atom. The van der Waals surface area contributed by atoms with Crippen molar-refractivity contribution in [2.75, 3.05) is 6.54 Å². The van der Waals surface area contributed by atoms with Gasteiger partial charge in [0.15, 0.2) is 11.6 Å². The topological polar surface area (TPSA) is 129 Å². The van der Waals surface area contributed by atoms with Gasteiger partial charge in [0.25, 0.3) is 0 Å². The van der Waals surface area contributed by atoms with E-state index in [9.17, 15) is 29.1 Å². The fraction of sp³-hybridized carbons (Fsp3) is 0.300. The summed E-state index contributed by atoms with van der Waals surface area (Å²) in [4.78, 5) is 65.7. The van der Waals surface area contributed by atoms with E-state index in [2.05, 4.69) is 0 Å². The molecule has 0 radical (unpaired) electrons. The molecule has 8 nitrogen and oxygen atoms in total. The lowest BCUT2D eigenvalue weighted by Gasteiger charge is -2.42. The number of aliphatic carboxylic acids is 1. The highest BCUT2D eigenvalue weighted by Crippen LogP contribution is 2.57. The second-order valence-corrected chi connectivity index (χ2v) is 10.4. The molecule has 38 heavy (non-hydrogen) atoms. The van der Waals surface area contributed by atoms with E-state index < -0.39 is 41.5 Å². The lowest BCUT2D eigenvalue weighted by atomic mass is 9.59. The van der Waals surface area contributed by atoms with E-state index in [0.717, 1.165) is 21.2 Å². The molecule has 2 aromatic rings. The summed E-state index contributed by atoms with van der Waals surface area (Å²) in [5.41, 5.74) is 2.19. The maximum absolute atomic E-state index is 13.6. The van der Waals surface area contributed by atoms with Gasteiger partial charge in [-0.2, -0.15) is 0 Å². The second-order valence-electron chi connectivity index (χ2n) is 10.4. The summed E-state index contributed by atoms with van der Waals surface area (Å²) >= 11 is 0. The zero-order valence-electron chi connectivity index (χ0n) is 20.6. The first-order chi connectivity index (χ1) is 18.2. The fourth-order valence-electron chi connectivity index (χ4n) is 6.77. The quantitative estimate of drug-likeness (QED) is 0.365. The lowest BCUT2D eigenvalue weighted by molar-refractivity contribution is -0.142. The Labute approximate surface area is 217 Å². The van der Waals surface area contributed by atoms with Crippen LogP contribution in [0.1, 0.15) is 37.7 Å². The molecular formula is C30H25NO7. The van der Waals surface area contributed by atoms with E-state index in [4.69, 9.17) is 5.11 Å². The van der Waals surface area contributed by atoms with Gasteiger partial charge in [0.2, 0.25) is 11.8 Å². The van der Waals surface area contributed by atoms with Crippen molar-refractivity contribution in [2.24, 2.45) is 17.8 Å². The van der Waals surface area contributed by atoms with Gasteiger partial charge in [0.1, 0.15) is 5.75 Å². The number of phenolic OH excluding ortho intramolecular Hbond substituents is 1. The molecule has 1 saturated heterocycles. The van der Waals surface area contributed by atoms with Crippen LogP contribution in [0.3, 0.4) is 0 Å². The van der Waals surface area contributed by atoms with E-state index in [1.807, 2.05) is 30.3 Å². The first-order valence-electron chi connectivity index (χ1n) is 12.7. The Hall–Kier alpha value is -4.33. The molecule has 1 heterocycles. The molecular weight excluding hydrogens is 486 g/mol. The zero-order chi connectivity index (χ0) is 26.9. The Morgan fingerprint density at radius 1 is 1.03 bits per heavy atom.